The highest BCUT2D eigenvalue weighted by Crippen LogP contribution is 2.02. The molecule has 0 spiro atoms. The van der Waals surface area contributed by atoms with Gasteiger partial charge in [-0.15, -0.1) is 0 Å². The van der Waals surface area contributed by atoms with Gasteiger partial charge in [0.25, 0.3) is 0 Å². The summed E-state index contributed by atoms with van der Waals surface area (Å²) in [4.78, 5) is 57.3. The van der Waals surface area contributed by atoms with Crippen LogP contribution in [-0.4, -0.2) is 76.6 Å². The largest absolute Gasteiger partial charge is 0.481 e. The van der Waals surface area contributed by atoms with Gasteiger partial charge in [0.2, 0.25) is 17.7 Å². The number of thioether (sulfide) groups is 1. The molecule has 0 aliphatic carbocycles. The van der Waals surface area contributed by atoms with E-state index >= 15 is 0 Å². The SMILES string of the molecule is CSCCC(N)C(=O)NC(CCC(=O)O)C(=O)NCC(=O)NC(C)C(=O)O. The molecule has 0 aromatic rings. The number of amides is 3. The maximum absolute atomic E-state index is 12.2. The Balaban J connectivity index is 4.74. The van der Waals surface area contributed by atoms with Crippen molar-refractivity contribution in [2.24, 2.45) is 5.73 Å². The molecule has 0 aromatic heterocycles. The molecule has 27 heavy (non-hydrogen) atoms. The molecule has 0 radical (unpaired) electrons. The lowest BCUT2D eigenvalue weighted by atomic mass is 10.1. The predicted molar refractivity (Wildman–Crippen MR) is 98.0 cm³/mol. The smallest absolute Gasteiger partial charge is 0.325 e. The van der Waals surface area contributed by atoms with E-state index in [0.717, 1.165) is 0 Å². The Morgan fingerprint density at radius 2 is 1.67 bits per heavy atom. The molecule has 12 heteroatoms. The minimum Gasteiger partial charge on any atom is -0.481 e. The van der Waals surface area contributed by atoms with Gasteiger partial charge in [-0.2, -0.15) is 11.8 Å². The van der Waals surface area contributed by atoms with E-state index in [1.165, 1.54) is 18.7 Å². The molecule has 0 saturated heterocycles. The van der Waals surface area contributed by atoms with Crippen LogP contribution in [0.2, 0.25) is 0 Å². The molecule has 11 nitrogen and oxygen atoms in total. The lowest BCUT2D eigenvalue weighted by molar-refractivity contribution is -0.141. The van der Waals surface area contributed by atoms with Crippen molar-refractivity contribution in [1.82, 2.24) is 16.0 Å². The van der Waals surface area contributed by atoms with Crippen LogP contribution in [0.4, 0.5) is 0 Å². The summed E-state index contributed by atoms with van der Waals surface area (Å²) in [6, 6.07) is -3.16. The lowest BCUT2D eigenvalue weighted by Crippen LogP contribution is -2.53. The van der Waals surface area contributed by atoms with Gasteiger partial charge in [-0.05, 0) is 31.8 Å². The van der Waals surface area contributed by atoms with Gasteiger partial charge in [-0.25, -0.2) is 0 Å². The van der Waals surface area contributed by atoms with E-state index in [-0.39, 0.29) is 12.8 Å². The number of hydrogen-bond donors (Lipinski definition) is 6. The summed E-state index contributed by atoms with van der Waals surface area (Å²) in [7, 11) is 0. The van der Waals surface area contributed by atoms with Crippen molar-refractivity contribution in [3.63, 3.8) is 0 Å². The zero-order chi connectivity index (χ0) is 21.0. The summed E-state index contributed by atoms with van der Waals surface area (Å²) in [5.74, 6) is -3.85. The highest BCUT2D eigenvalue weighted by atomic mass is 32.2. The number of carboxylic acids is 2. The minimum atomic E-state index is -1.24. The third-order valence-corrected chi connectivity index (χ3v) is 4.06. The van der Waals surface area contributed by atoms with Crippen LogP contribution in [0.15, 0.2) is 0 Å². The maximum Gasteiger partial charge on any atom is 0.325 e. The number of hydrogen-bond acceptors (Lipinski definition) is 7. The summed E-state index contributed by atoms with van der Waals surface area (Å²) >= 11 is 1.50. The van der Waals surface area contributed by atoms with Gasteiger partial charge in [0.15, 0.2) is 0 Å². The van der Waals surface area contributed by atoms with E-state index in [1.54, 1.807) is 0 Å². The molecule has 0 fully saturated rings. The molecule has 0 aliphatic heterocycles. The molecule has 3 amide bonds. The molecule has 0 aliphatic rings. The molecule has 0 bridgehead atoms. The van der Waals surface area contributed by atoms with Crippen LogP contribution in [0.1, 0.15) is 26.2 Å². The predicted octanol–water partition coefficient (Wildman–Crippen LogP) is -1.88. The number of carboxylic acid groups (broad SMARTS) is 2. The van der Waals surface area contributed by atoms with E-state index in [9.17, 15) is 24.0 Å². The van der Waals surface area contributed by atoms with Gasteiger partial charge < -0.3 is 31.9 Å². The number of nitrogens with one attached hydrogen (secondary N) is 3. The molecule has 7 N–H and O–H groups in total. The van der Waals surface area contributed by atoms with Crippen LogP contribution in [0.5, 0.6) is 0 Å². The molecular formula is C15H26N4O7S. The fourth-order valence-corrected chi connectivity index (χ4v) is 2.33. The Hall–Kier alpha value is -2.34. The van der Waals surface area contributed by atoms with Crippen molar-refractivity contribution in [2.45, 2.75) is 44.3 Å². The second-order valence-electron chi connectivity index (χ2n) is 5.73. The molecule has 0 rings (SSSR count). The minimum absolute atomic E-state index is 0.185. The average Bonchev–Trinajstić information content (AvgIpc) is 2.60. The number of aliphatic carboxylic acids is 2. The summed E-state index contributed by atoms with van der Waals surface area (Å²) in [6.07, 6.45) is 1.68. The third-order valence-electron chi connectivity index (χ3n) is 3.42. The van der Waals surface area contributed by atoms with Crippen molar-refractivity contribution >= 4 is 41.4 Å². The molecular weight excluding hydrogens is 380 g/mol. The van der Waals surface area contributed by atoms with E-state index in [0.29, 0.717) is 12.2 Å². The van der Waals surface area contributed by atoms with Gasteiger partial charge in [-0.3, -0.25) is 24.0 Å². The van der Waals surface area contributed by atoms with Crippen molar-refractivity contribution in [1.29, 1.82) is 0 Å². The van der Waals surface area contributed by atoms with Gasteiger partial charge >= 0.3 is 11.9 Å². The first-order valence-corrected chi connectivity index (χ1v) is 9.54. The third kappa shape index (κ3) is 11.1. The first-order valence-electron chi connectivity index (χ1n) is 8.15. The van der Waals surface area contributed by atoms with E-state index in [2.05, 4.69) is 16.0 Å². The molecule has 3 atom stereocenters. The maximum atomic E-state index is 12.2. The van der Waals surface area contributed by atoms with Gasteiger partial charge in [0, 0.05) is 6.42 Å². The number of carbonyl (C=O) groups is 5. The van der Waals surface area contributed by atoms with Crippen molar-refractivity contribution in [3.05, 3.63) is 0 Å². The second-order valence-corrected chi connectivity index (χ2v) is 6.71. The summed E-state index contributed by atoms with van der Waals surface area (Å²) in [6.45, 7) is 0.738. The van der Waals surface area contributed by atoms with E-state index in [1.807, 2.05) is 6.26 Å². The van der Waals surface area contributed by atoms with Crippen LogP contribution in [0.3, 0.4) is 0 Å². The topological polar surface area (TPSA) is 188 Å². The average molecular weight is 406 g/mol. The number of carbonyl (C=O) groups excluding carboxylic acids is 3. The quantitative estimate of drug-likeness (QED) is 0.203. The van der Waals surface area contributed by atoms with E-state index in [4.69, 9.17) is 15.9 Å². The van der Waals surface area contributed by atoms with Crippen LogP contribution < -0.4 is 21.7 Å². The zero-order valence-corrected chi connectivity index (χ0v) is 16.0. The van der Waals surface area contributed by atoms with Crippen LogP contribution in [-0.2, 0) is 24.0 Å². The van der Waals surface area contributed by atoms with Gasteiger partial charge in [0.05, 0.1) is 12.6 Å². The Labute approximate surface area is 160 Å². The summed E-state index contributed by atoms with van der Waals surface area (Å²) in [5.41, 5.74) is 5.72. The molecule has 0 saturated carbocycles. The molecule has 0 heterocycles. The van der Waals surface area contributed by atoms with Crippen LogP contribution >= 0.6 is 11.8 Å². The highest BCUT2D eigenvalue weighted by Gasteiger charge is 2.25. The number of rotatable bonds is 13. The van der Waals surface area contributed by atoms with Gasteiger partial charge in [0.1, 0.15) is 12.1 Å². The first kappa shape index (κ1) is 24.7. The highest BCUT2D eigenvalue weighted by molar-refractivity contribution is 7.98. The van der Waals surface area contributed by atoms with Crippen molar-refractivity contribution in [3.8, 4) is 0 Å². The standard InChI is InChI=1S/C15H26N4O7S/c1-8(15(25)26)18-11(20)7-17-14(24)10(3-4-12(21)22)19-13(23)9(16)5-6-27-2/h8-10H,3-7,16H2,1-2H3,(H,17,24)(H,18,20)(H,19,23)(H,21,22)(H,25,26). The molecule has 154 valence electrons. The van der Waals surface area contributed by atoms with Gasteiger partial charge in [-0.1, -0.05) is 0 Å². The Bertz CT molecular complexity index is 558. The fraction of sp³-hybridized carbons (Fsp3) is 0.667. The number of nitrogens with two attached hydrogens (primary N) is 1. The molecule has 0 aromatic carbocycles. The monoisotopic (exact) mass is 406 g/mol. The van der Waals surface area contributed by atoms with Crippen molar-refractivity contribution < 1.29 is 34.2 Å². The summed E-state index contributed by atoms with van der Waals surface area (Å²) < 4.78 is 0. The molecule has 3 unspecified atom stereocenters. The second kappa shape index (κ2) is 12.9. The Kier molecular flexibility index (Phi) is 11.8. The Morgan fingerprint density at radius 1 is 1.04 bits per heavy atom. The van der Waals surface area contributed by atoms with Crippen LogP contribution in [0.25, 0.3) is 0 Å². The fourth-order valence-electron chi connectivity index (χ4n) is 1.84. The Morgan fingerprint density at radius 3 is 2.19 bits per heavy atom. The lowest BCUT2D eigenvalue weighted by Gasteiger charge is -2.20. The normalized spacial score (nSPS) is 13.7. The summed E-state index contributed by atoms with van der Waals surface area (Å²) in [5, 5.41) is 24.3. The van der Waals surface area contributed by atoms with Crippen molar-refractivity contribution in [2.75, 3.05) is 18.6 Å². The zero-order valence-electron chi connectivity index (χ0n) is 15.2. The first-order chi connectivity index (χ1) is 12.6. The van der Waals surface area contributed by atoms with Crippen LogP contribution in [0, 0.1) is 0 Å². The van der Waals surface area contributed by atoms with E-state index < -0.39 is 54.3 Å².